The summed E-state index contributed by atoms with van der Waals surface area (Å²) in [5.74, 6) is -1.27. The number of halogens is 2. The second kappa shape index (κ2) is 9.05. The summed E-state index contributed by atoms with van der Waals surface area (Å²) >= 11 is 18.0. The van der Waals surface area contributed by atoms with Gasteiger partial charge in [0.2, 0.25) is 5.91 Å². The van der Waals surface area contributed by atoms with Gasteiger partial charge < -0.3 is 15.7 Å². The van der Waals surface area contributed by atoms with Gasteiger partial charge in [0, 0.05) is 15.6 Å². The molecule has 0 aliphatic carbocycles. The fourth-order valence-corrected chi connectivity index (χ4v) is 3.03. The van der Waals surface area contributed by atoms with Crippen LogP contribution in [0.5, 0.6) is 0 Å². The van der Waals surface area contributed by atoms with Crippen molar-refractivity contribution in [3.05, 3.63) is 58.1 Å². The number of nitrogens with one attached hydrogen (secondary N) is 2. The van der Waals surface area contributed by atoms with Crippen LogP contribution in [0.2, 0.25) is 10.0 Å². The molecule has 0 saturated carbocycles. The Hall–Kier alpha value is -1.80. The minimum atomic E-state index is -1.15. The van der Waals surface area contributed by atoms with E-state index in [0.717, 1.165) is 4.90 Å². The number of carbonyl (C=O) groups excluding carboxylic acids is 1. The third-order valence-corrected chi connectivity index (χ3v) is 4.69. The normalized spacial score (nSPS) is 10.2. The minimum absolute atomic E-state index is 0.0564. The van der Waals surface area contributed by atoms with Gasteiger partial charge in [-0.15, -0.1) is 11.8 Å². The smallest absolute Gasteiger partial charge is 0.337 e. The zero-order valence-corrected chi connectivity index (χ0v) is 15.7. The van der Waals surface area contributed by atoms with Gasteiger partial charge >= 0.3 is 5.97 Å². The summed E-state index contributed by atoms with van der Waals surface area (Å²) < 4.78 is 0. The largest absolute Gasteiger partial charge is 0.478 e. The van der Waals surface area contributed by atoms with Crippen molar-refractivity contribution in [2.45, 2.75) is 4.90 Å². The Kier molecular flexibility index (Phi) is 7.07. The van der Waals surface area contributed by atoms with E-state index in [-0.39, 0.29) is 27.4 Å². The van der Waals surface area contributed by atoms with Crippen LogP contribution in [0.15, 0.2) is 47.4 Å². The van der Waals surface area contributed by atoms with Crippen LogP contribution in [0.1, 0.15) is 10.4 Å². The highest BCUT2D eigenvalue weighted by Crippen LogP contribution is 2.21. The Morgan fingerprint density at radius 1 is 1.12 bits per heavy atom. The lowest BCUT2D eigenvalue weighted by molar-refractivity contribution is -0.117. The summed E-state index contributed by atoms with van der Waals surface area (Å²) in [5.41, 5.74) is 0.358. The maximum atomic E-state index is 11.9. The fourth-order valence-electron chi connectivity index (χ4n) is 1.77. The van der Waals surface area contributed by atoms with E-state index in [0.29, 0.717) is 10.7 Å². The number of aromatic carboxylic acids is 1. The Morgan fingerprint density at radius 2 is 1.80 bits per heavy atom. The van der Waals surface area contributed by atoms with E-state index in [9.17, 15) is 9.59 Å². The molecule has 0 spiro atoms. The lowest BCUT2D eigenvalue weighted by Crippen LogP contribution is -2.35. The van der Waals surface area contributed by atoms with Crippen LogP contribution >= 0.6 is 47.2 Å². The van der Waals surface area contributed by atoms with E-state index >= 15 is 0 Å². The molecule has 2 rings (SSSR count). The molecule has 0 unspecified atom stereocenters. The summed E-state index contributed by atoms with van der Waals surface area (Å²) in [7, 11) is 0. The molecule has 0 aliphatic rings. The molecule has 25 heavy (non-hydrogen) atoms. The molecule has 0 fully saturated rings. The predicted molar refractivity (Wildman–Crippen MR) is 105 cm³/mol. The molecule has 2 aromatic rings. The molecular formula is C16H12Cl2N2O3S2. The summed E-state index contributed by atoms with van der Waals surface area (Å²) in [6.45, 7) is 0. The van der Waals surface area contributed by atoms with Crippen molar-refractivity contribution in [1.29, 1.82) is 0 Å². The third kappa shape index (κ3) is 6.21. The van der Waals surface area contributed by atoms with Crippen molar-refractivity contribution in [3.63, 3.8) is 0 Å². The monoisotopic (exact) mass is 414 g/mol. The Bertz CT molecular complexity index is 814. The summed E-state index contributed by atoms with van der Waals surface area (Å²) in [6, 6.07) is 11.5. The van der Waals surface area contributed by atoms with E-state index < -0.39 is 5.97 Å². The fraction of sp³-hybridized carbons (Fsp3) is 0.0625. The quantitative estimate of drug-likeness (QED) is 0.499. The standard InChI is InChI=1S/C16H12Cl2N2O3S2/c17-9-1-4-11(5-2-9)25-8-14(21)20-16(24)19-10-3-6-13(18)12(7-10)15(22)23/h1-7H,8H2,(H,22,23)(H2,19,20,21,24). The van der Waals surface area contributed by atoms with Gasteiger partial charge in [-0.1, -0.05) is 23.2 Å². The SMILES string of the molecule is O=C(CSc1ccc(Cl)cc1)NC(=S)Nc1ccc(Cl)c(C(=O)O)c1. The maximum absolute atomic E-state index is 11.9. The molecule has 0 atom stereocenters. The number of rotatable bonds is 5. The van der Waals surface area contributed by atoms with Gasteiger partial charge in [-0.05, 0) is 54.7 Å². The third-order valence-electron chi connectivity index (χ3n) is 2.89. The van der Waals surface area contributed by atoms with Crippen molar-refractivity contribution in [2.24, 2.45) is 0 Å². The van der Waals surface area contributed by atoms with Gasteiger partial charge in [-0.25, -0.2) is 4.79 Å². The van der Waals surface area contributed by atoms with Crippen molar-refractivity contribution in [2.75, 3.05) is 11.1 Å². The molecule has 9 heteroatoms. The number of carbonyl (C=O) groups is 2. The molecule has 5 nitrogen and oxygen atoms in total. The zero-order valence-electron chi connectivity index (χ0n) is 12.6. The molecule has 0 bridgehead atoms. The van der Waals surface area contributed by atoms with E-state index in [1.165, 1.54) is 23.9 Å². The number of thioether (sulfide) groups is 1. The zero-order chi connectivity index (χ0) is 18.4. The molecular weight excluding hydrogens is 403 g/mol. The minimum Gasteiger partial charge on any atom is -0.478 e. The van der Waals surface area contributed by atoms with Crippen molar-refractivity contribution in [3.8, 4) is 0 Å². The molecule has 0 heterocycles. The summed E-state index contributed by atoms with van der Waals surface area (Å²) in [5, 5.41) is 15.1. The van der Waals surface area contributed by atoms with Crippen LogP contribution in [-0.2, 0) is 4.79 Å². The Morgan fingerprint density at radius 3 is 2.44 bits per heavy atom. The van der Waals surface area contributed by atoms with E-state index in [2.05, 4.69) is 10.6 Å². The van der Waals surface area contributed by atoms with Crippen LogP contribution in [0.25, 0.3) is 0 Å². The number of anilines is 1. The average Bonchev–Trinajstić information content (AvgIpc) is 2.55. The highest BCUT2D eigenvalue weighted by Gasteiger charge is 2.11. The van der Waals surface area contributed by atoms with Crippen LogP contribution < -0.4 is 10.6 Å². The molecule has 0 aliphatic heterocycles. The maximum Gasteiger partial charge on any atom is 0.337 e. The number of carboxylic acid groups (broad SMARTS) is 1. The number of hydrogen-bond acceptors (Lipinski definition) is 4. The van der Waals surface area contributed by atoms with Crippen LogP contribution in [-0.4, -0.2) is 27.8 Å². The highest BCUT2D eigenvalue weighted by molar-refractivity contribution is 8.00. The first kappa shape index (κ1) is 19.5. The van der Waals surface area contributed by atoms with Crippen molar-refractivity contribution >= 4 is 69.9 Å². The first-order valence-electron chi connectivity index (χ1n) is 6.87. The Balaban J connectivity index is 1.87. The van der Waals surface area contributed by atoms with Gasteiger partial charge in [0.25, 0.3) is 0 Å². The van der Waals surface area contributed by atoms with Gasteiger partial charge in [-0.2, -0.15) is 0 Å². The molecule has 0 radical (unpaired) electrons. The molecule has 0 saturated heterocycles. The highest BCUT2D eigenvalue weighted by atomic mass is 35.5. The lowest BCUT2D eigenvalue weighted by Gasteiger charge is -2.10. The summed E-state index contributed by atoms with van der Waals surface area (Å²) in [6.07, 6.45) is 0. The second-order valence-electron chi connectivity index (χ2n) is 4.74. The van der Waals surface area contributed by atoms with Gasteiger partial charge in [0.15, 0.2) is 5.11 Å². The number of benzene rings is 2. The number of carboxylic acids is 1. The molecule has 2 aromatic carbocycles. The van der Waals surface area contributed by atoms with Crippen LogP contribution in [0.3, 0.4) is 0 Å². The van der Waals surface area contributed by atoms with E-state index in [1.54, 1.807) is 18.2 Å². The Labute approximate surface area is 163 Å². The number of hydrogen-bond donors (Lipinski definition) is 3. The second-order valence-corrected chi connectivity index (χ2v) is 7.05. The van der Waals surface area contributed by atoms with Crippen LogP contribution in [0, 0.1) is 0 Å². The topological polar surface area (TPSA) is 78.4 Å². The van der Waals surface area contributed by atoms with E-state index in [1.807, 2.05) is 12.1 Å². The van der Waals surface area contributed by atoms with Crippen LogP contribution in [0.4, 0.5) is 5.69 Å². The lowest BCUT2D eigenvalue weighted by atomic mass is 10.2. The first-order valence-corrected chi connectivity index (χ1v) is 9.02. The van der Waals surface area contributed by atoms with E-state index in [4.69, 9.17) is 40.5 Å². The van der Waals surface area contributed by atoms with Crippen molar-refractivity contribution in [1.82, 2.24) is 5.32 Å². The van der Waals surface area contributed by atoms with Gasteiger partial charge in [0.05, 0.1) is 16.3 Å². The molecule has 130 valence electrons. The molecule has 0 aromatic heterocycles. The molecule has 1 amide bonds. The van der Waals surface area contributed by atoms with Gasteiger partial charge in [-0.3, -0.25) is 4.79 Å². The average molecular weight is 415 g/mol. The van der Waals surface area contributed by atoms with Gasteiger partial charge in [0.1, 0.15) is 0 Å². The molecule has 3 N–H and O–H groups in total. The van der Waals surface area contributed by atoms with Crippen molar-refractivity contribution < 1.29 is 14.7 Å². The number of amides is 1. The predicted octanol–water partition coefficient (Wildman–Crippen LogP) is 4.30. The first-order chi connectivity index (χ1) is 11.8. The summed E-state index contributed by atoms with van der Waals surface area (Å²) in [4.78, 5) is 23.9. The number of thiocarbonyl (C=S) groups is 1.